The smallest absolute Gasteiger partial charge is 0.255 e. The van der Waals surface area contributed by atoms with Gasteiger partial charge in [0, 0.05) is 31.4 Å². The number of ketones is 1. The van der Waals surface area contributed by atoms with Crippen LogP contribution in [-0.2, 0) is 27.3 Å². The van der Waals surface area contributed by atoms with E-state index >= 15 is 0 Å². The van der Waals surface area contributed by atoms with E-state index in [4.69, 9.17) is 0 Å². The Hall–Kier alpha value is -2.50. The average Bonchev–Trinajstić information content (AvgIpc) is 2.96. The largest absolute Gasteiger partial charge is 0.322 e. The van der Waals surface area contributed by atoms with Gasteiger partial charge in [-0.15, -0.1) is 0 Å². The van der Waals surface area contributed by atoms with Crippen LogP contribution in [0.1, 0.15) is 73.4 Å². The van der Waals surface area contributed by atoms with Crippen molar-refractivity contribution in [2.24, 2.45) is 0 Å². The monoisotopic (exact) mass is 370 g/mol. The van der Waals surface area contributed by atoms with E-state index in [-0.39, 0.29) is 24.0 Å². The summed E-state index contributed by atoms with van der Waals surface area (Å²) in [7, 11) is 0. The number of rotatable bonds is 8. The summed E-state index contributed by atoms with van der Waals surface area (Å²) >= 11 is 0. The predicted molar refractivity (Wildman–Crippen MR) is 100.0 cm³/mol. The molecule has 0 spiro atoms. The molecular weight excluding hydrogens is 344 g/mol. The molecule has 1 unspecified atom stereocenters. The highest BCUT2D eigenvalue weighted by atomic mass is 16.2. The van der Waals surface area contributed by atoms with Gasteiger partial charge in [-0.05, 0) is 36.5 Å². The highest BCUT2D eigenvalue weighted by molar-refractivity contribution is 6.05. The number of nitrogens with zero attached hydrogens (tertiary/aromatic N) is 1. The number of amides is 3. The van der Waals surface area contributed by atoms with Crippen molar-refractivity contribution in [3.63, 3.8) is 0 Å². The van der Waals surface area contributed by atoms with Gasteiger partial charge in [0.05, 0.1) is 0 Å². The van der Waals surface area contributed by atoms with Gasteiger partial charge in [-0.25, -0.2) is 0 Å². The minimum Gasteiger partial charge on any atom is -0.322 e. The van der Waals surface area contributed by atoms with Gasteiger partial charge < -0.3 is 4.90 Å². The van der Waals surface area contributed by atoms with Gasteiger partial charge in [0.15, 0.2) is 0 Å². The molecule has 1 atom stereocenters. The Kier molecular flexibility index (Phi) is 6.04. The van der Waals surface area contributed by atoms with Crippen molar-refractivity contribution in [2.45, 2.75) is 70.9 Å². The summed E-state index contributed by atoms with van der Waals surface area (Å²) < 4.78 is 0. The molecule has 6 nitrogen and oxygen atoms in total. The zero-order chi connectivity index (χ0) is 19.4. The van der Waals surface area contributed by atoms with E-state index < -0.39 is 11.9 Å². The quantitative estimate of drug-likeness (QED) is 0.563. The Labute approximate surface area is 159 Å². The molecule has 1 aromatic carbocycles. The number of Topliss-reactive ketones (excluding diaryl/α,β-unsaturated/α-hetero) is 1. The number of aryl methyl sites for hydroxylation is 1. The van der Waals surface area contributed by atoms with E-state index in [9.17, 15) is 19.2 Å². The summed E-state index contributed by atoms with van der Waals surface area (Å²) in [6, 6.07) is 5.13. The van der Waals surface area contributed by atoms with Crippen LogP contribution in [0.4, 0.5) is 0 Å². The van der Waals surface area contributed by atoms with Gasteiger partial charge in [-0.3, -0.25) is 24.5 Å². The first-order chi connectivity index (χ1) is 13.0. The topological polar surface area (TPSA) is 83.6 Å². The third-order valence-corrected chi connectivity index (χ3v) is 5.34. The highest BCUT2D eigenvalue weighted by Crippen LogP contribution is 2.28. The van der Waals surface area contributed by atoms with Crippen molar-refractivity contribution in [3.05, 3.63) is 34.9 Å². The molecule has 0 bridgehead atoms. The zero-order valence-corrected chi connectivity index (χ0v) is 15.8. The third-order valence-electron chi connectivity index (χ3n) is 5.34. The molecule has 2 heterocycles. The third kappa shape index (κ3) is 4.43. The van der Waals surface area contributed by atoms with Crippen LogP contribution in [0.2, 0.25) is 0 Å². The van der Waals surface area contributed by atoms with Crippen molar-refractivity contribution < 1.29 is 19.2 Å². The van der Waals surface area contributed by atoms with Gasteiger partial charge in [-0.1, -0.05) is 31.9 Å². The minimum absolute atomic E-state index is 0.171. The molecule has 144 valence electrons. The Morgan fingerprint density at radius 3 is 2.74 bits per heavy atom. The van der Waals surface area contributed by atoms with Crippen LogP contribution in [0.15, 0.2) is 18.2 Å². The molecule has 0 radical (unpaired) electrons. The SMILES string of the molecule is CCCCCC(=O)CCc1ccc2c(c1)C(=O)N(C1CCC(=O)NC1=O)C2. The normalized spacial score (nSPS) is 19.2. The van der Waals surface area contributed by atoms with Crippen molar-refractivity contribution >= 4 is 23.5 Å². The first kappa shape index (κ1) is 19.3. The van der Waals surface area contributed by atoms with Crippen LogP contribution < -0.4 is 5.32 Å². The Morgan fingerprint density at radius 1 is 1.19 bits per heavy atom. The number of hydrogen-bond acceptors (Lipinski definition) is 4. The molecular formula is C21H26N2O4. The fourth-order valence-corrected chi connectivity index (χ4v) is 3.74. The number of nitrogens with one attached hydrogen (secondary N) is 1. The molecule has 1 N–H and O–H groups in total. The Bertz CT molecular complexity index is 771. The lowest BCUT2D eigenvalue weighted by Crippen LogP contribution is -2.52. The predicted octanol–water partition coefficient (Wildman–Crippen LogP) is 2.53. The van der Waals surface area contributed by atoms with E-state index in [1.165, 1.54) is 0 Å². The first-order valence-electron chi connectivity index (χ1n) is 9.77. The number of fused-ring (bicyclic) bond motifs is 1. The number of unbranched alkanes of at least 4 members (excludes halogenated alkanes) is 2. The summed E-state index contributed by atoms with van der Waals surface area (Å²) in [6.45, 7) is 2.50. The van der Waals surface area contributed by atoms with Crippen LogP contribution in [0.3, 0.4) is 0 Å². The van der Waals surface area contributed by atoms with Gasteiger partial charge in [0.1, 0.15) is 11.8 Å². The molecule has 2 aliphatic heterocycles. The maximum absolute atomic E-state index is 12.8. The molecule has 6 heteroatoms. The van der Waals surface area contributed by atoms with Crippen molar-refractivity contribution in [1.29, 1.82) is 0 Å². The Morgan fingerprint density at radius 2 is 2.00 bits per heavy atom. The first-order valence-corrected chi connectivity index (χ1v) is 9.77. The number of benzene rings is 1. The second-order valence-corrected chi connectivity index (χ2v) is 7.39. The molecule has 27 heavy (non-hydrogen) atoms. The molecule has 3 amide bonds. The van der Waals surface area contributed by atoms with E-state index in [0.717, 1.165) is 30.4 Å². The van der Waals surface area contributed by atoms with E-state index in [0.29, 0.717) is 37.8 Å². The lowest BCUT2D eigenvalue weighted by Gasteiger charge is -2.29. The fraction of sp³-hybridized carbons (Fsp3) is 0.524. The number of carbonyl (C=O) groups excluding carboxylic acids is 4. The van der Waals surface area contributed by atoms with Gasteiger partial charge in [-0.2, -0.15) is 0 Å². The van der Waals surface area contributed by atoms with E-state index in [2.05, 4.69) is 12.2 Å². The van der Waals surface area contributed by atoms with Crippen molar-refractivity contribution in [2.75, 3.05) is 0 Å². The summed E-state index contributed by atoms with van der Waals surface area (Å²) in [4.78, 5) is 49.7. The maximum Gasteiger partial charge on any atom is 0.255 e. The summed E-state index contributed by atoms with van der Waals surface area (Å²) in [5.74, 6) is -0.590. The lowest BCUT2D eigenvalue weighted by atomic mass is 10.0. The molecule has 1 saturated heterocycles. The van der Waals surface area contributed by atoms with Crippen molar-refractivity contribution in [3.8, 4) is 0 Å². The standard InChI is InChI=1S/C21H26N2O4/c1-2-3-4-5-16(24)9-7-14-6-8-15-13-23(21(27)17(15)12-14)18-10-11-19(25)22-20(18)26/h6,8,12,18H,2-5,7,9-11,13H2,1H3,(H,22,25,26). The summed E-state index contributed by atoms with van der Waals surface area (Å²) in [6.07, 6.45) is 5.49. The number of carbonyl (C=O) groups is 4. The maximum atomic E-state index is 12.8. The zero-order valence-electron chi connectivity index (χ0n) is 15.8. The van der Waals surface area contributed by atoms with Crippen LogP contribution in [0.5, 0.6) is 0 Å². The summed E-state index contributed by atoms with van der Waals surface area (Å²) in [5.41, 5.74) is 2.47. The van der Waals surface area contributed by atoms with Crippen LogP contribution in [0.25, 0.3) is 0 Å². The Balaban J connectivity index is 1.61. The summed E-state index contributed by atoms with van der Waals surface area (Å²) in [5, 5.41) is 2.31. The number of imide groups is 1. The molecule has 0 aliphatic carbocycles. The second kappa shape index (κ2) is 8.46. The molecule has 1 aromatic rings. The molecule has 3 rings (SSSR count). The second-order valence-electron chi connectivity index (χ2n) is 7.39. The van der Waals surface area contributed by atoms with Gasteiger partial charge >= 0.3 is 0 Å². The highest BCUT2D eigenvalue weighted by Gasteiger charge is 2.39. The van der Waals surface area contributed by atoms with E-state index in [1.807, 2.05) is 18.2 Å². The van der Waals surface area contributed by atoms with Gasteiger partial charge in [0.25, 0.3) is 5.91 Å². The van der Waals surface area contributed by atoms with Crippen LogP contribution in [0, 0.1) is 0 Å². The number of piperidine rings is 1. The molecule has 0 saturated carbocycles. The van der Waals surface area contributed by atoms with Gasteiger partial charge in [0.2, 0.25) is 11.8 Å². The lowest BCUT2D eigenvalue weighted by molar-refractivity contribution is -0.137. The minimum atomic E-state index is -0.591. The van der Waals surface area contributed by atoms with E-state index in [1.54, 1.807) is 4.90 Å². The average molecular weight is 370 g/mol. The molecule has 2 aliphatic rings. The van der Waals surface area contributed by atoms with Crippen LogP contribution >= 0.6 is 0 Å². The molecule has 0 aromatic heterocycles. The number of hydrogen-bond donors (Lipinski definition) is 1. The van der Waals surface area contributed by atoms with Crippen molar-refractivity contribution in [1.82, 2.24) is 10.2 Å². The fourth-order valence-electron chi connectivity index (χ4n) is 3.74. The molecule has 1 fully saturated rings. The van der Waals surface area contributed by atoms with Crippen LogP contribution in [-0.4, -0.2) is 34.4 Å².